The number of hydrogen-bond donors (Lipinski definition) is 18. The van der Waals surface area contributed by atoms with Gasteiger partial charge in [-0.05, 0) is 117 Å². The minimum absolute atomic E-state index is 0.0908. The van der Waals surface area contributed by atoms with Gasteiger partial charge in [-0.25, -0.2) is 4.79 Å². The van der Waals surface area contributed by atoms with Crippen LogP contribution in [0.2, 0.25) is 10.0 Å². The average Bonchev–Trinajstić information content (AvgIpc) is 0.764. The first-order chi connectivity index (χ1) is 48.0. The number of carboxylic acid groups (broad SMARTS) is 1. The van der Waals surface area contributed by atoms with Crippen molar-refractivity contribution in [3.8, 4) is 57.1 Å². The summed E-state index contributed by atoms with van der Waals surface area (Å²) in [5, 5.41) is 127. The lowest BCUT2D eigenvalue weighted by Gasteiger charge is -2.44. The Labute approximate surface area is 590 Å². The molecule has 33 nitrogen and oxygen atoms in total. The number of rotatable bonds is 13. The summed E-state index contributed by atoms with van der Waals surface area (Å²) in [6.45, 7) is 5.65. The number of likely N-dealkylation sites (N-methyl/N-ethyl adjacent to an activating group) is 1. The number of carbonyl (C=O) groups is 8. The number of nitrogens with zero attached hydrogens (tertiary/aromatic N) is 1. The molecule has 0 aromatic heterocycles. The number of aliphatic carboxylic acids is 1. The first-order valence-corrected chi connectivity index (χ1v) is 32.7. The molecule has 102 heavy (non-hydrogen) atoms. The molecule has 5 aromatic rings. The molecule has 12 rings (SSSR count). The quantitative estimate of drug-likeness (QED) is 0.0761. The number of benzene rings is 5. The van der Waals surface area contributed by atoms with Crippen LogP contribution in [0.15, 0.2) is 78.9 Å². The number of carboxylic acids is 1. The van der Waals surface area contributed by atoms with Crippen LogP contribution in [0.25, 0.3) is 11.1 Å². The van der Waals surface area contributed by atoms with Crippen LogP contribution in [0.1, 0.15) is 105 Å². The van der Waals surface area contributed by atoms with Gasteiger partial charge in [-0.3, -0.25) is 38.5 Å². The summed E-state index contributed by atoms with van der Waals surface area (Å²) < 4.78 is 38.0. The van der Waals surface area contributed by atoms with Crippen LogP contribution in [-0.4, -0.2) is 203 Å². The summed E-state index contributed by atoms with van der Waals surface area (Å²) in [4.78, 5) is 120. The van der Waals surface area contributed by atoms with Gasteiger partial charge in [-0.1, -0.05) is 55.2 Å². The Bertz CT molecular complexity index is 4110. The largest absolute Gasteiger partial charge is 0.508 e. The number of amides is 7. The van der Waals surface area contributed by atoms with Crippen LogP contribution in [-0.2, 0) is 52.6 Å². The number of aliphatic hydroxyl groups excluding tert-OH is 6. The Morgan fingerprint density at radius 1 is 0.716 bits per heavy atom. The van der Waals surface area contributed by atoms with E-state index < -0.39 is 231 Å². The molecule has 0 spiro atoms. The van der Waals surface area contributed by atoms with E-state index in [2.05, 4.69) is 31.9 Å². The minimum Gasteiger partial charge on any atom is -0.508 e. The maximum atomic E-state index is 16.1. The number of aromatic hydroxyl groups is 3. The molecule has 548 valence electrons. The lowest BCUT2D eigenvalue weighted by molar-refractivity contribution is -0.277. The van der Waals surface area contributed by atoms with Gasteiger partial charge < -0.3 is 123 Å². The number of primary amides is 1. The topological polar surface area (TPSA) is 522 Å². The summed E-state index contributed by atoms with van der Waals surface area (Å²) in [5.41, 5.74) is 8.18. The molecule has 0 radical (unpaired) electrons. The zero-order valence-corrected chi connectivity index (χ0v) is 56.8. The van der Waals surface area contributed by atoms with Crippen LogP contribution in [0, 0.1) is 5.92 Å². The van der Waals surface area contributed by atoms with Crippen molar-refractivity contribution in [2.75, 3.05) is 20.7 Å². The average molecular weight is 1460 g/mol. The highest BCUT2D eigenvalue weighted by molar-refractivity contribution is 6.32. The Balaban J connectivity index is 1.26. The molecule has 20 N–H and O–H groups in total. The SMILES string of the molecule is CC(C)C[C@H](C(=O)N[C@H]1C(=O)N[C@@H](CC(N)=O)C(=O)N[C@H]2C(=O)N[C@H]3C(=O)N[C@H](C(=O)N[C@@H](C(=O)O)c4cc(O)cc(O)c4-c4cc3ccc4O)[C@H](O[C@H]3C[C@](C)(N)[C@@H](O)[C@H](C)O3)c3ccc(c(Cl)c3)Oc3cc2cc(c3O[C@H]2O[C@@H](CO)[C@H](O)[C@@H](O)[C@@H]2O)Oc2ccc(cc2Cl)[C@H]1O)N(C)C. The summed E-state index contributed by atoms with van der Waals surface area (Å²) in [7, 11) is 3.19. The molecule has 7 aliphatic heterocycles. The molecule has 0 saturated carbocycles. The van der Waals surface area contributed by atoms with E-state index in [1.807, 2.05) is 13.8 Å². The fourth-order valence-electron chi connectivity index (χ4n) is 12.7. The van der Waals surface area contributed by atoms with Gasteiger partial charge in [0.25, 0.3) is 0 Å². The van der Waals surface area contributed by atoms with Crippen LogP contribution >= 0.6 is 23.2 Å². The number of carbonyl (C=O) groups excluding carboxylic acids is 7. The number of hydrogen-bond acceptors (Lipinski definition) is 25. The van der Waals surface area contributed by atoms with E-state index in [0.717, 1.165) is 54.6 Å². The Kier molecular flexibility index (Phi) is 22.5. The highest BCUT2D eigenvalue weighted by Crippen LogP contribution is 2.50. The molecule has 7 amide bonds. The number of nitrogens with one attached hydrogen (secondary N) is 6. The van der Waals surface area contributed by atoms with Crippen molar-refractivity contribution in [1.82, 2.24) is 36.8 Å². The third-order valence-electron chi connectivity index (χ3n) is 18.0. The number of aliphatic hydroxyl groups is 6. The van der Waals surface area contributed by atoms with Crippen molar-refractivity contribution in [2.45, 2.75) is 156 Å². The highest BCUT2D eigenvalue weighted by Gasteiger charge is 2.49. The lowest BCUT2D eigenvalue weighted by atomic mass is 9.86. The monoisotopic (exact) mass is 1460 g/mol. The summed E-state index contributed by atoms with van der Waals surface area (Å²) >= 11 is 14.2. The maximum absolute atomic E-state index is 16.1. The van der Waals surface area contributed by atoms with E-state index in [1.54, 1.807) is 19.0 Å². The van der Waals surface area contributed by atoms with Crippen molar-refractivity contribution in [2.24, 2.45) is 17.4 Å². The number of phenolic OH excluding ortho intramolecular Hbond substituents is 3. The van der Waals surface area contributed by atoms with Gasteiger partial charge in [-0.2, -0.15) is 0 Å². The summed E-state index contributed by atoms with van der Waals surface area (Å²) in [6, 6.07) is -0.295. The van der Waals surface area contributed by atoms with Crippen LogP contribution in [0.4, 0.5) is 0 Å². The third kappa shape index (κ3) is 15.9. The fourth-order valence-corrected chi connectivity index (χ4v) is 13.1. The third-order valence-corrected chi connectivity index (χ3v) is 18.6. The van der Waals surface area contributed by atoms with Crippen molar-refractivity contribution in [1.29, 1.82) is 0 Å². The maximum Gasteiger partial charge on any atom is 0.330 e. The number of fused-ring (bicyclic) bond motifs is 15. The van der Waals surface area contributed by atoms with Crippen molar-refractivity contribution < 1.29 is 118 Å². The highest BCUT2D eigenvalue weighted by atomic mass is 35.5. The van der Waals surface area contributed by atoms with E-state index >= 15 is 19.2 Å². The number of phenols is 3. The lowest BCUT2D eigenvalue weighted by Crippen LogP contribution is -2.61. The second-order valence-electron chi connectivity index (χ2n) is 26.4. The first kappa shape index (κ1) is 75.5. The van der Waals surface area contributed by atoms with E-state index in [-0.39, 0.29) is 52.0 Å². The van der Waals surface area contributed by atoms with Gasteiger partial charge in [0.05, 0.1) is 41.3 Å². The Morgan fingerprint density at radius 3 is 1.92 bits per heavy atom. The normalized spacial score (nSPS) is 29.3. The molecule has 7 heterocycles. The Morgan fingerprint density at radius 2 is 1.32 bits per heavy atom. The zero-order valence-electron chi connectivity index (χ0n) is 55.3. The molecular formula is C67H77Cl2N9O24. The molecule has 2 saturated heterocycles. The number of nitrogens with two attached hydrogens (primary N) is 2. The van der Waals surface area contributed by atoms with Crippen molar-refractivity contribution in [3.63, 3.8) is 0 Å². The fraction of sp³-hybridized carbons (Fsp3) is 0.433. The van der Waals surface area contributed by atoms with Gasteiger partial charge in [0.1, 0.15) is 95.6 Å². The molecule has 11 bridgehead atoms. The first-order valence-electron chi connectivity index (χ1n) is 32.0. The molecule has 2 fully saturated rings. The van der Waals surface area contributed by atoms with E-state index in [0.29, 0.717) is 0 Å². The molecule has 7 aliphatic rings. The molecular weight excluding hydrogens is 1390 g/mol. The standard InChI is InChI=1S/C67H77Cl2N9O24/c1-24(2)13-36(78(5)6)60(90)76-50-52(84)27-8-11-39(33(68)15-27)98-41-17-29-18-42(57(41)102-66-55(87)54(86)53(85)43(23-79)100-66)99-40-12-9-28(16-34(40)69)56(101-45-22-67(4,71)58(88)25(3)97-45)51-64(94)75-49(65(95)96)32-19-30(80)20-38(82)46(32)31-14-26(7-10-37(31)81)47(61(91)77-51)74-62(92)48(29)73-59(89)35(21-44(70)83)72-63(50)93/h7-12,14-20,24-25,35-36,43,45,47-56,58,66,79-82,84-88H,13,21-23,71H2,1-6H3,(H2,70,83)(H,72,93)(H,73,89)(H,74,92)(H,75,94)(H,76,90)(H,77,91)(H,95,96)/t25-,35-,36+,43-,45-,47+,48+,49+,50+,51-,52+,53-,54+,55-,56+,58-,66+,67-/m0/s1. The zero-order chi connectivity index (χ0) is 74.4. The van der Waals surface area contributed by atoms with Gasteiger partial charge in [-0.15, -0.1) is 0 Å². The summed E-state index contributed by atoms with van der Waals surface area (Å²) in [5.74, 6) is -15.9. The van der Waals surface area contributed by atoms with Crippen LogP contribution in [0.5, 0.6) is 46.0 Å². The van der Waals surface area contributed by atoms with E-state index in [9.17, 15) is 70.2 Å². The van der Waals surface area contributed by atoms with Gasteiger partial charge in [0, 0.05) is 34.7 Å². The predicted octanol–water partition coefficient (Wildman–Crippen LogP) is 0.448. The molecule has 18 atom stereocenters. The predicted molar refractivity (Wildman–Crippen MR) is 354 cm³/mol. The molecule has 0 unspecified atom stereocenters. The Hall–Kier alpha value is -9.20. The number of ether oxygens (including phenoxy) is 6. The van der Waals surface area contributed by atoms with E-state index in [4.69, 9.17) is 63.1 Å². The van der Waals surface area contributed by atoms with Crippen LogP contribution < -0.4 is 57.6 Å². The van der Waals surface area contributed by atoms with Gasteiger partial charge in [0.15, 0.2) is 23.8 Å². The second kappa shape index (κ2) is 30.4. The van der Waals surface area contributed by atoms with Gasteiger partial charge in [0.2, 0.25) is 53.4 Å². The molecule has 0 aliphatic carbocycles. The molecule has 35 heteroatoms. The van der Waals surface area contributed by atoms with Gasteiger partial charge >= 0.3 is 5.97 Å². The number of halogens is 2. The smallest absolute Gasteiger partial charge is 0.330 e. The van der Waals surface area contributed by atoms with E-state index in [1.165, 1.54) is 38.1 Å². The van der Waals surface area contributed by atoms with Crippen molar-refractivity contribution >= 4 is 70.5 Å². The van der Waals surface area contributed by atoms with Crippen molar-refractivity contribution in [3.05, 3.63) is 117 Å². The second-order valence-corrected chi connectivity index (χ2v) is 27.2. The summed E-state index contributed by atoms with van der Waals surface area (Å²) in [6.07, 6.45) is -19.0. The van der Waals surface area contributed by atoms with Crippen LogP contribution in [0.3, 0.4) is 0 Å². The molecule has 5 aromatic carbocycles. The minimum atomic E-state index is -2.35.